The molecule has 0 aliphatic carbocycles. The average Bonchev–Trinajstić information content (AvgIpc) is 2.77. The van der Waals surface area contributed by atoms with E-state index in [9.17, 15) is 14.0 Å². The Labute approximate surface area is 124 Å². The molecule has 1 aromatic rings. The molecule has 1 fully saturated rings. The number of carboxylic acids is 1. The minimum Gasteiger partial charge on any atom is -0.480 e. The lowest BCUT2D eigenvalue weighted by Crippen LogP contribution is -2.46. The zero-order chi connectivity index (χ0) is 14.9. The minimum atomic E-state index is -1.08. The first-order valence-electron chi connectivity index (χ1n) is 5.79. The first-order chi connectivity index (χ1) is 9.41. The van der Waals surface area contributed by atoms with Crippen LogP contribution in [-0.4, -0.2) is 39.2 Å². The highest BCUT2D eigenvalue weighted by molar-refractivity contribution is 8.00. The molecule has 1 saturated heterocycles. The molecule has 2 amide bonds. The monoisotopic (exact) mass is 318 g/mol. The van der Waals surface area contributed by atoms with Gasteiger partial charge in [0, 0.05) is 5.75 Å². The Morgan fingerprint density at radius 1 is 1.55 bits per heavy atom. The molecule has 1 aromatic carbocycles. The number of nitrogens with one attached hydrogen (secondary N) is 1. The average molecular weight is 319 g/mol. The largest absolute Gasteiger partial charge is 0.480 e. The molecule has 108 valence electrons. The maximum atomic E-state index is 13.7. The molecule has 0 spiro atoms. The fourth-order valence-electron chi connectivity index (χ4n) is 1.92. The molecule has 2 unspecified atom stereocenters. The summed E-state index contributed by atoms with van der Waals surface area (Å²) >= 11 is 6.98. The van der Waals surface area contributed by atoms with Gasteiger partial charge in [-0.05, 0) is 19.1 Å². The van der Waals surface area contributed by atoms with E-state index >= 15 is 0 Å². The number of thioether (sulfide) groups is 1. The van der Waals surface area contributed by atoms with Crippen molar-refractivity contribution in [3.63, 3.8) is 0 Å². The lowest BCUT2D eigenvalue weighted by atomic mass is 10.3. The van der Waals surface area contributed by atoms with E-state index in [2.05, 4.69) is 5.32 Å². The number of hydrogen-bond donors (Lipinski definition) is 2. The second-order valence-corrected chi connectivity index (χ2v) is 5.98. The number of carbonyl (C=O) groups is 2. The fraction of sp³-hybridized carbons (Fsp3) is 0.333. The first kappa shape index (κ1) is 14.9. The number of halogens is 2. The summed E-state index contributed by atoms with van der Waals surface area (Å²) in [5, 5.41) is 11.0. The van der Waals surface area contributed by atoms with Gasteiger partial charge in [0.25, 0.3) is 0 Å². The van der Waals surface area contributed by atoms with Crippen LogP contribution in [0.1, 0.15) is 6.92 Å². The van der Waals surface area contributed by atoms with Crippen LogP contribution in [-0.2, 0) is 4.79 Å². The van der Waals surface area contributed by atoms with Crippen LogP contribution in [0.3, 0.4) is 0 Å². The molecule has 0 saturated carbocycles. The Bertz CT molecular complexity index is 558. The van der Waals surface area contributed by atoms with Crippen LogP contribution in [0, 0.1) is 5.82 Å². The van der Waals surface area contributed by atoms with E-state index in [1.807, 2.05) is 0 Å². The van der Waals surface area contributed by atoms with Gasteiger partial charge in [0.15, 0.2) is 5.82 Å². The van der Waals surface area contributed by atoms with Crippen molar-refractivity contribution in [2.24, 2.45) is 0 Å². The molecule has 2 N–H and O–H groups in total. The number of benzene rings is 1. The van der Waals surface area contributed by atoms with E-state index in [4.69, 9.17) is 16.7 Å². The fourth-order valence-corrected chi connectivity index (χ4v) is 3.26. The Morgan fingerprint density at radius 2 is 2.25 bits per heavy atom. The third kappa shape index (κ3) is 2.83. The second kappa shape index (κ2) is 5.88. The summed E-state index contributed by atoms with van der Waals surface area (Å²) in [4.78, 5) is 24.4. The Kier molecular flexibility index (Phi) is 4.39. The molecule has 0 bridgehead atoms. The lowest BCUT2D eigenvalue weighted by Gasteiger charge is -2.25. The number of carboxylic acid groups (broad SMARTS) is 1. The number of hydrogen-bond acceptors (Lipinski definition) is 3. The van der Waals surface area contributed by atoms with Gasteiger partial charge in [-0.3, -0.25) is 4.90 Å². The molecule has 5 nitrogen and oxygen atoms in total. The van der Waals surface area contributed by atoms with Crippen LogP contribution < -0.4 is 5.32 Å². The van der Waals surface area contributed by atoms with Crippen molar-refractivity contribution in [2.75, 3.05) is 11.1 Å². The van der Waals surface area contributed by atoms with E-state index in [-0.39, 0.29) is 16.1 Å². The number of nitrogens with zero attached hydrogens (tertiary/aromatic N) is 1. The second-order valence-electron chi connectivity index (χ2n) is 4.23. The third-order valence-corrected chi connectivity index (χ3v) is 4.45. The van der Waals surface area contributed by atoms with Crippen molar-refractivity contribution in [2.45, 2.75) is 18.3 Å². The lowest BCUT2D eigenvalue weighted by molar-refractivity contribution is -0.141. The minimum absolute atomic E-state index is 0.0734. The van der Waals surface area contributed by atoms with Gasteiger partial charge in [-0.1, -0.05) is 17.7 Å². The summed E-state index contributed by atoms with van der Waals surface area (Å²) in [6.07, 6.45) is 0. The molecule has 1 aliphatic heterocycles. The van der Waals surface area contributed by atoms with Gasteiger partial charge < -0.3 is 10.4 Å². The van der Waals surface area contributed by atoms with Gasteiger partial charge in [0.05, 0.1) is 16.1 Å². The van der Waals surface area contributed by atoms with Crippen LogP contribution in [0.25, 0.3) is 0 Å². The summed E-state index contributed by atoms with van der Waals surface area (Å²) in [5.41, 5.74) is -0.0734. The van der Waals surface area contributed by atoms with Crippen molar-refractivity contribution >= 4 is 41.1 Å². The highest BCUT2D eigenvalue weighted by Gasteiger charge is 2.39. The highest BCUT2D eigenvalue weighted by Crippen LogP contribution is 2.30. The van der Waals surface area contributed by atoms with Gasteiger partial charge in [-0.25, -0.2) is 14.0 Å². The van der Waals surface area contributed by atoms with Crippen molar-refractivity contribution in [1.29, 1.82) is 0 Å². The molecule has 8 heteroatoms. The number of carbonyl (C=O) groups excluding carboxylic acids is 1. The zero-order valence-electron chi connectivity index (χ0n) is 10.5. The topological polar surface area (TPSA) is 69.6 Å². The predicted octanol–water partition coefficient (Wildman–Crippen LogP) is 2.86. The summed E-state index contributed by atoms with van der Waals surface area (Å²) in [7, 11) is 0. The van der Waals surface area contributed by atoms with Gasteiger partial charge in [-0.2, -0.15) is 0 Å². The molecular weight excluding hydrogens is 307 g/mol. The van der Waals surface area contributed by atoms with Crippen molar-refractivity contribution in [3.8, 4) is 0 Å². The van der Waals surface area contributed by atoms with Crippen LogP contribution in [0.15, 0.2) is 18.2 Å². The van der Waals surface area contributed by atoms with Crippen LogP contribution >= 0.6 is 23.4 Å². The molecule has 0 radical (unpaired) electrons. The number of amides is 2. The van der Waals surface area contributed by atoms with Crippen LogP contribution in [0.2, 0.25) is 5.02 Å². The Morgan fingerprint density at radius 3 is 2.90 bits per heavy atom. The number of rotatable bonds is 2. The molecule has 2 rings (SSSR count). The maximum Gasteiger partial charge on any atom is 0.327 e. The Balaban J connectivity index is 2.19. The van der Waals surface area contributed by atoms with E-state index < -0.39 is 23.9 Å². The van der Waals surface area contributed by atoms with Gasteiger partial charge in [-0.15, -0.1) is 11.8 Å². The van der Waals surface area contributed by atoms with E-state index in [0.29, 0.717) is 5.75 Å². The molecule has 1 aliphatic rings. The quantitative estimate of drug-likeness (QED) is 0.879. The number of aliphatic carboxylic acids is 1. The maximum absolute atomic E-state index is 13.7. The van der Waals surface area contributed by atoms with Crippen LogP contribution in [0.4, 0.5) is 14.9 Å². The molecular formula is C12H12ClFN2O3S. The SMILES string of the molecule is CC1SCC(C(=O)O)N1C(=O)Nc1cccc(Cl)c1F. The van der Waals surface area contributed by atoms with E-state index in [0.717, 1.165) is 0 Å². The summed E-state index contributed by atoms with van der Waals surface area (Å²) in [6.45, 7) is 1.72. The molecule has 0 aromatic heterocycles. The summed E-state index contributed by atoms with van der Waals surface area (Å²) < 4.78 is 13.7. The summed E-state index contributed by atoms with van der Waals surface area (Å²) in [6, 6.07) is 2.65. The van der Waals surface area contributed by atoms with E-state index in [1.54, 1.807) is 6.92 Å². The number of anilines is 1. The smallest absolute Gasteiger partial charge is 0.327 e. The van der Waals surface area contributed by atoms with Crippen molar-refractivity contribution in [1.82, 2.24) is 4.90 Å². The van der Waals surface area contributed by atoms with Gasteiger partial charge >= 0.3 is 12.0 Å². The van der Waals surface area contributed by atoms with Crippen LogP contribution in [0.5, 0.6) is 0 Å². The zero-order valence-corrected chi connectivity index (χ0v) is 12.0. The summed E-state index contributed by atoms with van der Waals surface area (Å²) in [5.74, 6) is -1.51. The van der Waals surface area contributed by atoms with Crippen molar-refractivity contribution in [3.05, 3.63) is 29.0 Å². The number of urea groups is 1. The van der Waals surface area contributed by atoms with E-state index in [1.165, 1.54) is 34.9 Å². The van der Waals surface area contributed by atoms with Gasteiger partial charge in [0.1, 0.15) is 6.04 Å². The highest BCUT2D eigenvalue weighted by atomic mass is 35.5. The molecule has 20 heavy (non-hydrogen) atoms. The molecule has 1 heterocycles. The van der Waals surface area contributed by atoms with Gasteiger partial charge in [0.2, 0.25) is 0 Å². The first-order valence-corrected chi connectivity index (χ1v) is 7.22. The normalized spacial score (nSPS) is 21.9. The molecule has 2 atom stereocenters. The Hall–Kier alpha value is -1.47. The third-order valence-electron chi connectivity index (χ3n) is 2.94. The standard InChI is InChI=1S/C12H12ClFN2O3S/c1-6-16(9(5-20-6)11(17)18)12(19)15-8-4-2-3-7(13)10(8)14/h2-4,6,9H,5H2,1H3,(H,15,19)(H,17,18). The predicted molar refractivity (Wildman–Crippen MR) is 75.6 cm³/mol. The van der Waals surface area contributed by atoms with Crippen molar-refractivity contribution < 1.29 is 19.1 Å².